The Hall–Kier alpha value is -1.67. The van der Waals surface area contributed by atoms with Gasteiger partial charge in [-0.15, -0.1) is 0 Å². The zero-order valence-electron chi connectivity index (χ0n) is 12.4. The first-order valence-corrected chi connectivity index (χ1v) is 8.73. The molecule has 1 heterocycles. The molecular formula is C14H20N2O5S. The summed E-state index contributed by atoms with van der Waals surface area (Å²) in [6.07, 6.45) is 2.15. The molecule has 1 aliphatic heterocycles. The van der Waals surface area contributed by atoms with Crippen LogP contribution in [0.3, 0.4) is 0 Å². The molecule has 0 amide bonds. The molecule has 0 radical (unpaired) electrons. The smallest absolute Gasteiger partial charge is 0.269 e. The monoisotopic (exact) mass is 328 g/mol. The molecule has 7 nitrogen and oxygen atoms in total. The molecule has 1 atom stereocenters. The Bertz CT molecular complexity index is 621. The first kappa shape index (κ1) is 16.7. The molecule has 1 fully saturated rings. The van der Waals surface area contributed by atoms with Crippen LogP contribution in [0.2, 0.25) is 0 Å². The van der Waals surface area contributed by atoms with E-state index < -0.39 is 20.3 Å². The standard InChI is InChI=1S/C14H20N2O5S/c1-11(22(19,20)21)10-12-6-8-15(9-7-12)13-2-4-14(5-3-13)16(17)18/h2-5,11-12H,6-10H2,1H3,(H,19,20,21). The Kier molecular flexibility index (Phi) is 5.02. The summed E-state index contributed by atoms with van der Waals surface area (Å²) in [5.41, 5.74) is 1.01. The van der Waals surface area contributed by atoms with Crippen molar-refractivity contribution >= 4 is 21.5 Å². The largest absolute Gasteiger partial charge is 0.372 e. The Morgan fingerprint density at radius 2 is 1.86 bits per heavy atom. The molecule has 1 aromatic rings. The van der Waals surface area contributed by atoms with Crippen LogP contribution in [0.15, 0.2) is 24.3 Å². The van der Waals surface area contributed by atoms with Gasteiger partial charge in [-0.25, -0.2) is 0 Å². The molecule has 0 saturated carbocycles. The van der Waals surface area contributed by atoms with E-state index in [0.29, 0.717) is 6.42 Å². The lowest BCUT2D eigenvalue weighted by Crippen LogP contribution is -2.35. The number of non-ortho nitro benzene ring substituents is 1. The number of hydrogen-bond donors (Lipinski definition) is 1. The van der Waals surface area contributed by atoms with Gasteiger partial charge < -0.3 is 4.90 Å². The van der Waals surface area contributed by atoms with Crippen molar-refractivity contribution < 1.29 is 17.9 Å². The molecule has 22 heavy (non-hydrogen) atoms. The second-order valence-electron chi connectivity index (χ2n) is 5.77. The number of nitro groups is 1. The number of rotatable bonds is 5. The molecule has 1 aromatic carbocycles. The summed E-state index contributed by atoms with van der Waals surface area (Å²) >= 11 is 0. The van der Waals surface area contributed by atoms with Gasteiger partial charge in [0.2, 0.25) is 0 Å². The lowest BCUT2D eigenvalue weighted by atomic mass is 9.92. The van der Waals surface area contributed by atoms with Crippen molar-refractivity contribution in [1.82, 2.24) is 0 Å². The SMILES string of the molecule is CC(CC1CCN(c2ccc([N+](=O)[O-])cc2)CC1)S(=O)(=O)O. The average Bonchev–Trinajstić information content (AvgIpc) is 2.47. The highest BCUT2D eigenvalue weighted by Crippen LogP contribution is 2.28. The number of benzene rings is 1. The van der Waals surface area contributed by atoms with E-state index in [9.17, 15) is 18.5 Å². The summed E-state index contributed by atoms with van der Waals surface area (Å²) in [5.74, 6) is 0.270. The van der Waals surface area contributed by atoms with Crippen LogP contribution in [0.1, 0.15) is 26.2 Å². The Morgan fingerprint density at radius 1 is 1.32 bits per heavy atom. The van der Waals surface area contributed by atoms with Crippen molar-refractivity contribution in [3.05, 3.63) is 34.4 Å². The van der Waals surface area contributed by atoms with Gasteiger partial charge in [-0.05, 0) is 44.2 Å². The highest BCUT2D eigenvalue weighted by molar-refractivity contribution is 7.86. The van der Waals surface area contributed by atoms with Crippen LogP contribution in [-0.4, -0.2) is 36.2 Å². The highest BCUT2D eigenvalue weighted by Gasteiger charge is 2.26. The minimum Gasteiger partial charge on any atom is -0.372 e. The molecule has 0 bridgehead atoms. The van der Waals surface area contributed by atoms with E-state index >= 15 is 0 Å². The summed E-state index contributed by atoms with van der Waals surface area (Å²) < 4.78 is 31.2. The fourth-order valence-corrected chi connectivity index (χ4v) is 3.32. The van der Waals surface area contributed by atoms with E-state index in [1.807, 2.05) is 0 Å². The third kappa shape index (κ3) is 4.17. The van der Waals surface area contributed by atoms with E-state index in [1.165, 1.54) is 19.1 Å². The molecule has 0 aromatic heterocycles. The van der Waals surface area contributed by atoms with Gasteiger partial charge in [-0.2, -0.15) is 8.42 Å². The minimum atomic E-state index is -3.96. The molecule has 0 spiro atoms. The van der Waals surface area contributed by atoms with Crippen LogP contribution >= 0.6 is 0 Å². The van der Waals surface area contributed by atoms with Gasteiger partial charge in [-0.1, -0.05) is 0 Å². The second kappa shape index (κ2) is 6.62. The molecule has 1 saturated heterocycles. The van der Waals surface area contributed by atoms with Crippen LogP contribution in [0.5, 0.6) is 0 Å². The first-order chi connectivity index (χ1) is 10.3. The van der Waals surface area contributed by atoms with E-state index in [4.69, 9.17) is 4.55 Å². The number of hydrogen-bond acceptors (Lipinski definition) is 5. The van der Waals surface area contributed by atoms with Crippen LogP contribution in [-0.2, 0) is 10.1 Å². The Balaban J connectivity index is 1.90. The summed E-state index contributed by atoms with van der Waals surface area (Å²) in [5, 5.41) is 9.90. The average molecular weight is 328 g/mol. The normalized spacial score (nSPS) is 18.2. The van der Waals surface area contributed by atoms with Crippen molar-refractivity contribution in [2.45, 2.75) is 31.4 Å². The molecule has 122 valence electrons. The van der Waals surface area contributed by atoms with Gasteiger partial charge in [0.1, 0.15) is 0 Å². The Labute approximate surface area is 129 Å². The number of nitrogens with zero attached hydrogens (tertiary/aromatic N) is 2. The summed E-state index contributed by atoms with van der Waals surface area (Å²) in [4.78, 5) is 12.4. The van der Waals surface area contributed by atoms with Crippen molar-refractivity contribution in [1.29, 1.82) is 0 Å². The van der Waals surface area contributed by atoms with Gasteiger partial charge >= 0.3 is 0 Å². The van der Waals surface area contributed by atoms with Crippen molar-refractivity contribution in [2.24, 2.45) is 5.92 Å². The lowest BCUT2D eigenvalue weighted by molar-refractivity contribution is -0.384. The van der Waals surface area contributed by atoms with Crippen molar-refractivity contribution in [2.75, 3.05) is 18.0 Å². The zero-order valence-corrected chi connectivity index (χ0v) is 13.2. The molecule has 2 rings (SSSR count). The van der Waals surface area contributed by atoms with Gasteiger partial charge in [0, 0.05) is 30.9 Å². The van der Waals surface area contributed by atoms with E-state index in [0.717, 1.165) is 31.6 Å². The number of nitro benzene ring substituents is 1. The maximum absolute atomic E-state index is 11.1. The van der Waals surface area contributed by atoms with Gasteiger partial charge in [-0.3, -0.25) is 14.7 Å². The van der Waals surface area contributed by atoms with Gasteiger partial charge in [0.25, 0.3) is 15.8 Å². The summed E-state index contributed by atoms with van der Waals surface area (Å²) in [6, 6.07) is 6.45. The van der Waals surface area contributed by atoms with E-state index in [-0.39, 0.29) is 11.6 Å². The van der Waals surface area contributed by atoms with Gasteiger partial charge in [0.05, 0.1) is 10.2 Å². The fourth-order valence-electron chi connectivity index (χ4n) is 2.80. The summed E-state index contributed by atoms with van der Waals surface area (Å²) in [6.45, 7) is 3.08. The van der Waals surface area contributed by atoms with Crippen molar-refractivity contribution in [3.8, 4) is 0 Å². The fraction of sp³-hybridized carbons (Fsp3) is 0.571. The van der Waals surface area contributed by atoms with Crippen LogP contribution in [0.4, 0.5) is 11.4 Å². The van der Waals surface area contributed by atoms with E-state index in [2.05, 4.69) is 4.90 Å². The molecule has 1 unspecified atom stereocenters. The third-order valence-corrected chi connectivity index (χ3v) is 5.42. The third-order valence-electron chi connectivity index (χ3n) is 4.21. The van der Waals surface area contributed by atoms with Crippen LogP contribution < -0.4 is 4.90 Å². The van der Waals surface area contributed by atoms with Crippen LogP contribution in [0.25, 0.3) is 0 Å². The quantitative estimate of drug-likeness (QED) is 0.506. The predicted molar refractivity (Wildman–Crippen MR) is 83.7 cm³/mol. The highest BCUT2D eigenvalue weighted by atomic mass is 32.2. The maximum atomic E-state index is 11.1. The summed E-state index contributed by atoms with van der Waals surface area (Å²) in [7, 11) is -3.96. The molecule has 1 aliphatic rings. The molecular weight excluding hydrogens is 308 g/mol. The lowest BCUT2D eigenvalue weighted by Gasteiger charge is -2.34. The van der Waals surface area contributed by atoms with E-state index in [1.54, 1.807) is 12.1 Å². The maximum Gasteiger partial charge on any atom is 0.269 e. The number of anilines is 1. The number of piperidine rings is 1. The Morgan fingerprint density at radius 3 is 2.32 bits per heavy atom. The van der Waals surface area contributed by atoms with Gasteiger partial charge in [0.15, 0.2) is 0 Å². The molecule has 1 N–H and O–H groups in total. The molecule has 0 aliphatic carbocycles. The zero-order chi connectivity index (χ0) is 16.3. The predicted octanol–water partition coefficient (Wildman–Crippen LogP) is 2.48. The second-order valence-corrected chi connectivity index (χ2v) is 7.60. The van der Waals surface area contributed by atoms with Crippen molar-refractivity contribution in [3.63, 3.8) is 0 Å². The topological polar surface area (TPSA) is 101 Å². The first-order valence-electron chi connectivity index (χ1n) is 7.23. The van der Waals surface area contributed by atoms with Crippen LogP contribution in [0, 0.1) is 16.0 Å². The molecule has 8 heteroatoms. The minimum absolute atomic E-state index is 0.0700.